The lowest BCUT2D eigenvalue weighted by atomic mass is 9.93. The third-order valence-corrected chi connectivity index (χ3v) is 4.73. The maximum atomic E-state index is 6.02. The molecular weight excluding hydrogens is 338 g/mol. The number of anilines is 2. The first-order chi connectivity index (χ1) is 12.2. The van der Waals surface area contributed by atoms with Crippen molar-refractivity contribution < 1.29 is 4.74 Å². The lowest BCUT2D eigenvalue weighted by Crippen LogP contribution is -2.28. The van der Waals surface area contributed by atoms with E-state index in [0.29, 0.717) is 11.0 Å². The summed E-state index contributed by atoms with van der Waals surface area (Å²) in [7, 11) is 1.67. The Labute approximate surface area is 150 Å². The average Bonchev–Trinajstić information content (AvgIpc) is 3.01. The number of hydrogen-bond donors (Lipinski definition) is 2. The Kier molecular flexibility index (Phi) is 3.97. The standard InChI is InChI=1S/C18H18ClN5O/c1-25-16-5-3-2-4-13(16)15-10-14(11-6-8-12(19)9-7-11)21-18-22-17(20)23-24(15)18/h2-9,14-15H,10H2,1H3,(H3,20,21,22,23)/t14-,15+/m1/s1. The van der Waals surface area contributed by atoms with E-state index in [-0.39, 0.29) is 18.0 Å². The van der Waals surface area contributed by atoms with Crippen LogP contribution in [0.15, 0.2) is 48.5 Å². The molecule has 0 aliphatic carbocycles. The van der Waals surface area contributed by atoms with Gasteiger partial charge in [0, 0.05) is 10.6 Å². The first-order valence-electron chi connectivity index (χ1n) is 8.02. The maximum absolute atomic E-state index is 6.02. The van der Waals surface area contributed by atoms with Crippen molar-refractivity contribution in [2.75, 3.05) is 18.2 Å². The summed E-state index contributed by atoms with van der Waals surface area (Å²) in [6.45, 7) is 0. The van der Waals surface area contributed by atoms with Crippen molar-refractivity contribution in [1.82, 2.24) is 14.8 Å². The number of aromatic nitrogens is 3. The van der Waals surface area contributed by atoms with Crippen molar-refractivity contribution >= 4 is 23.5 Å². The molecule has 0 spiro atoms. The van der Waals surface area contributed by atoms with E-state index in [4.69, 9.17) is 22.1 Å². The quantitative estimate of drug-likeness (QED) is 0.749. The fourth-order valence-electron chi connectivity index (χ4n) is 3.31. The monoisotopic (exact) mass is 355 g/mol. The van der Waals surface area contributed by atoms with Crippen LogP contribution in [0.4, 0.5) is 11.9 Å². The zero-order valence-corrected chi connectivity index (χ0v) is 14.4. The Morgan fingerprint density at radius 2 is 1.96 bits per heavy atom. The van der Waals surface area contributed by atoms with E-state index in [1.165, 1.54) is 0 Å². The highest BCUT2D eigenvalue weighted by atomic mass is 35.5. The first-order valence-corrected chi connectivity index (χ1v) is 8.40. The van der Waals surface area contributed by atoms with Gasteiger partial charge in [-0.25, -0.2) is 4.68 Å². The topological polar surface area (TPSA) is 78.0 Å². The SMILES string of the molecule is COc1ccccc1[C@@H]1C[C@H](c2ccc(Cl)cc2)Nc2nc(N)nn21. The van der Waals surface area contributed by atoms with Crippen molar-refractivity contribution in [2.45, 2.75) is 18.5 Å². The molecule has 0 fully saturated rings. The summed E-state index contributed by atoms with van der Waals surface area (Å²) in [5, 5.41) is 8.50. The molecule has 4 rings (SSSR count). The molecule has 2 atom stereocenters. The molecule has 1 aliphatic heterocycles. The minimum absolute atomic E-state index is 0.0297. The number of methoxy groups -OCH3 is 1. The fraction of sp³-hybridized carbons (Fsp3) is 0.222. The molecule has 0 bridgehead atoms. The van der Waals surface area contributed by atoms with Crippen LogP contribution in [0, 0.1) is 0 Å². The molecule has 128 valence electrons. The molecule has 3 N–H and O–H groups in total. The molecule has 0 radical (unpaired) electrons. The van der Waals surface area contributed by atoms with E-state index in [1.54, 1.807) is 7.11 Å². The van der Waals surface area contributed by atoms with E-state index in [2.05, 4.69) is 21.5 Å². The lowest BCUT2D eigenvalue weighted by molar-refractivity contribution is 0.380. The average molecular weight is 356 g/mol. The van der Waals surface area contributed by atoms with Crippen LogP contribution in [0.3, 0.4) is 0 Å². The predicted octanol–water partition coefficient (Wildman–Crippen LogP) is 3.67. The molecule has 2 aromatic carbocycles. The summed E-state index contributed by atoms with van der Waals surface area (Å²) >= 11 is 6.02. The maximum Gasteiger partial charge on any atom is 0.241 e. The van der Waals surface area contributed by atoms with Crippen molar-refractivity contribution in [2.24, 2.45) is 0 Å². The number of nitrogens with two attached hydrogens (primary N) is 1. The van der Waals surface area contributed by atoms with Gasteiger partial charge in [-0.15, -0.1) is 5.10 Å². The van der Waals surface area contributed by atoms with Crippen LogP contribution < -0.4 is 15.8 Å². The second kappa shape index (κ2) is 6.29. The molecule has 3 aromatic rings. The number of fused-ring (bicyclic) bond motifs is 1. The highest BCUT2D eigenvalue weighted by Crippen LogP contribution is 2.40. The zero-order valence-electron chi connectivity index (χ0n) is 13.7. The van der Waals surface area contributed by atoms with Gasteiger partial charge in [-0.1, -0.05) is 41.9 Å². The zero-order chi connectivity index (χ0) is 17.4. The molecule has 6 nitrogen and oxygen atoms in total. The lowest BCUT2D eigenvalue weighted by Gasteiger charge is -2.32. The summed E-state index contributed by atoms with van der Waals surface area (Å²) < 4.78 is 7.38. The molecule has 25 heavy (non-hydrogen) atoms. The van der Waals surface area contributed by atoms with Crippen LogP contribution >= 0.6 is 11.6 Å². The van der Waals surface area contributed by atoms with Crippen molar-refractivity contribution in [3.05, 3.63) is 64.7 Å². The molecule has 7 heteroatoms. The second-order valence-electron chi connectivity index (χ2n) is 5.98. The van der Waals surface area contributed by atoms with Crippen LogP contribution in [-0.4, -0.2) is 21.9 Å². The summed E-state index contributed by atoms with van der Waals surface area (Å²) in [5.74, 6) is 1.73. The first kappa shape index (κ1) is 15.8. The van der Waals surface area contributed by atoms with Crippen LogP contribution in [0.1, 0.15) is 29.6 Å². The van der Waals surface area contributed by atoms with E-state index in [9.17, 15) is 0 Å². The van der Waals surface area contributed by atoms with Crippen molar-refractivity contribution in [1.29, 1.82) is 0 Å². The Balaban J connectivity index is 1.78. The van der Waals surface area contributed by atoms with E-state index in [1.807, 2.05) is 47.1 Å². The van der Waals surface area contributed by atoms with Gasteiger partial charge in [-0.05, 0) is 30.2 Å². The van der Waals surface area contributed by atoms with Crippen LogP contribution in [0.2, 0.25) is 5.02 Å². The van der Waals surface area contributed by atoms with Gasteiger partial charge in [0.05, 0.1) is 19.2 Å². The highest BCUT2D eigenvalue weighted by Gasteiger charge is 2.32. The highest BCUT2D eigenvalue weighted by molar-refractivity contribution is 6.30. The number of para-hydroxylation sites is 1. The van der Waals surface area contributed by atoms with Gasteiger partial charge in [-0.2, -0.15) is 4.98 Å². The van der Waals surface area contributed by atoms with Crippen molar-refractivity contribution in [3.8, 4) is 5.75 Å². The van der Waals surface area contributed by atoms with E-state index in [0.717, 1.165) is 23.3 Å². The Morgan fingerprint density at radius 1 is 1.20 bits per heavy atom. The normalized spacial score (nSPS) is 19.1. The number of ether oxygens (including phenoxy) is 1. The second-order valence-corrected chi connectivity index (χ2v) is 6.42. The minimum Gasteiger partial charge on any atom is -0.496 e. The molecule has 0 amide bonds. The summed E-state index contributed by atoms with van der Waals surface area (Å²) in [4.78, 5) is 4.33. The third-order valence-electron chi connectivity index (χ3n) is 4.48. The van der Waals surface area contributed by atoms with E-state index >= 15 is 0 Å². The largest absolute Gasteiger partial charge is 0.496 e. The number of hydrogen-bond acceptors (Lipinski definition) is 5. The van der Waals surface area contributed by atoms with Gasteiger partial charge in [0.15, 0.2) is 0 Å². The Morgan fingerprint density at radius 3 is 2.72 bits per heavy atom. The Hall–Kier alpha value is -2.73. The minimum atomic E-state index is -0.0297. The molecule has 2 heterocycles. The van der Waals surface area contributed by atoms with Gasteiger partial charge in [0.25, 0.3) is 0 Å². The van der Waals surface area contributed by atoms with Gasteiger partial charge in [0.1, 0.15) is 5.75 Å². The molecule has 0 unspecified atom stereocenters. The number of halogens is 1. The Bertz CT molecular complexity index is 893. The van der Waals surface area contributed by atoms with Crippen LogP contribution in [-0.2, 0) is 0 Å². The summed E-state index contributed by atoms with van der Waals surface area (Å²) in [5.41, 5.74) is 8.03. The molecule has 0 saturated carbocycles. The third kappa shape index (κ3) is 2.89. The fourth-order valence-corrected chi connectivity index (χ4v) is 3.43. The van der Waals surface area contributed by atoms with E-state index < -0.39 is 0 Å². The van der Waals surface area contributed by atoms with Crippen molar-refractivity contribution in [3.63, 3.8) is 0 Å². The number of nitrogens with zero attached hydrogens (tertiary/aromatic N) is 3. The summed E-state index contributed by atoms with van der Waals surface area (Å²) in [6.07, 6.45) is 0.789. The van der Waals surface area contributed by atoms with Gasteiger partial charge < -0.3 is 15.8 Å². The smallest absolute Gasteiger partial charge is 0.241 e. The van der Waals surface area contributed by atoms with Crippen LogP contribution in [0.5, 0.6) is 5.75 Å². The van der Waals surface area contributed by atoms with Gasteiger partial charge in [-0.3, -0.25) is 0 Å². The molecule has 1 aromatic heterocycles. The number of rotatable bonds is 3. The van der Waals surface area contributed by atoms with Gasteiger partial charge >= 0.3 is 0 Å². The summed E-state index contributed by atoms with van der Waals surface area (Å²) in [6, 6.07) is 15.8. The number of nitrogen functional groups attached to an aromatic ring is 1. The molecular formula is C18H18ClN5O. The number of benzene rings is 2. The molecule has 1 aliphatic rings. The van der Waals surface area contributed by atoms with Crippen LogP contribution in [0.25, 0.3) is 0 Å². The molecule has 0 saturated heterocycles. The predicted molar refractivity (Wildman–Crippen MR) is 98.0 cm³/mol. The van der Waals surface area contributed by atoms with Gasteiger partial charge in [0.2, 0.25) is 11.9 Å². The number of nitrogens with one attached hydrogen (secondary N) is 1.